The molecular formula is C31H41NO6. The van der Waals surface area contributed by atoms with Crippen molar-refractivity contribution in [3.8, 4) is 5.75 Å². The Bertz CT molecular complexity index is 1140. The van der Waals surface area contributed by atoms with E-state index in [0.29, 0.717) is 17.9 Å². The lowest BCUT2D eigenvalue weighted by Crippen LogP contribution is -2.63. The van der Waals surface area contributed by atoms with Crippen molar-refractivity contribution in [1.29, 1.82) is 0 Å². The van der Waals surface area contributed by atoms with Crippen molar-refractivity contribution in [1.82, 2.24) is 0 Å². The van der Waals surface area contributed by atoms with Crippen LogP contribution in [0.1, 0.15) is 59.8 Å². The van der Waals surface area contributed by atoms with Crippen molar-refractivity contribution in [2.24, 2.45) is 28.6 Å². The Labute approximate surface area is 225 Å². The smallest absolute Gasteiger partial charge is 0.205 e. The van der Waals surface area contributed by atoms with E-state index in [2.05, 4.69) is 27.7 Å². The van der Waals surface area contributed by atoms with Gasteiger partial charge in [0.2, 0.25) is 5.78 Å². The average molecular weight is 524 g/mol. The van der Waals surface area contributed by atoms with Crippen LogP contribution in [0.3, 0.4) is 0 Å². The number of fused-ring (bicyclic) bond motifs is 7. The molecule has 7 nitrogen and oxygen atoms in total. The third kappa shape index (κ3) is 3.97. The summed E-state index contributed by atoms with van der Waals surface area (Å²) in [4.78, 5) is 25.9. The maximum atomic E-state index is 13.8. The van der Waals surface area contributed by atoms with Crippen molar-refractivity contribution in [2.75, 3.05) is 19.1 Å². The highest BCUT2D eigenvalue weighted by atomic mass is 16.7. The van der Waals surface area contributed by atoms with Crippen molar-refractivity contribution in [3.05, 3.63) is 48.1 Å². The van der Waals surface area contributed by atoms with Crippen molar-refractivity contribution < 1.29 is 28.9 Å². The first kappa shape index (κ1) is 27.1. The Morgan fingerprint density at radius 2 is 1.92 bits per heavy atom. The quantitative estimate of drug-likeness (QED) is 0.554. The molecule has 6 rings (SSSR count). The van der Waals surface area contributed by atoms with Gasteiger partial charge in [-0.3, -0.25) is 9.59 Å². The van der Waals surface area contributed by atoms with Gasteiger partial charge in [0.1, 0.15) is 19.1 Å². The summed E-state index contributed by atoms with van der Waals surface area (Å²) < 4.78 is 18.1. The Morgan fingerprint density at radius 3 is 2.63 bits per heavy atom. The van der Waals surface area contributed by atoms with Crippen LogP contribution >= 0.6 is 0 Å². The first-order chi connectivity index (χ1) is 18.1. The molecule has 3 N–H and O–H groups in total. The molecule has 3 saturated carbocycles. The van der Waals surface area contributed by atoms with Crippen molar-refractivity contribution >= 4 is 17.3 Å². The number of nitrogens with two attached hydrogens (primary N) is 1. The third-order valence-corrected chi connectivity index (χ3v) is 9.88. The van der Waals surface area contributed by atoms with Gasteiger partial charge in [-0.1, -0.05) is 45.8 Å². The van der Waals surface area contributed by atoms with Crippen LogP contribution in [-0.2, 0) is 19.1 Å². The van der Waals surface area contributed by atoms with Crippen LogP contribution in [0.25, 0.3) is 0 Å². The number of carbonyl (C=O) groups is 2. The van der Waals surface area contributed by atoms with Crippen LogP contribution in [0.2, 0.25) is 0 Å². The monoisotopic (exact) mass is 523 g/mol. The summed E-state index contributed by atoms with van der Waals surface area (Å²) >= 11 is 0. The number of aliphatic hydroxyl groups is 1. The van der Waals surface area contributed by atoms with Gasteiger partial charge in [-0.15, -0.1) is 0 Å². The molecule has 0 amide bonds. The molecule has 1 aromatic rings. The fraction of sp³-hybridized carbons (Fsp3) is 0.613. The number of ether oxygens (including phenoxy) is 3. The normalized spacial score (nSPS) is 40.6. The molecule has 0 bridgehead atoms. The third-order valence-electron chi connectivity index (χ3n) is 9.88. The molecule has 1 saturated heterocycles. The molecule has 1 aromatic carbocycles. The zero-order valence-corrected chi connectivity index (χ0v) is 22.9. The molecular weight excluding hydrogens is 482 g/mol. The topological polar surface area (TPSA) is 108 Å². The lowest BCUT2D eigenvalue weighted by Gasteiger charge is -2.59. The molecule has 1 heterocycles. The second-order valence-corrected chi connectivity index (χ2v) is 12.1. The number of aliphatic hydroxyl groups excluding tert-OH is 1. The Morgan fingerprint density at radius 1 is 1.21 bits per heavy atom. The number of Topliss-reactive ketones (excluding diaryl/α,β-unsaturated/α-hetero) is 1. The van der Waals surface area contributed by atoms with Gasteiger partial charge in [0.25, 0.3) is 0 Å². The maximum absolute atomic E-state index is 13.8. The molecule has 0 spiro atoms. The number of anilines is 1. The zero-order chi connectivity index (χ0) is 27.3. The predicted molar refractivity (Wildman–Crippen MR) is 144 cm³/mol. The van der Waals surface area contributed by atoms with Gasteiger partial charge in [-0.05, 0) is 73.9 Å². The van der Waals surface area contributed by atoms with Gasteiger partial charge >= 0.3 is 0 Å². The number of benzene rings is 1. The highest BCUT2D eigenvalue weighted by Gasteiger charge is 2.74. The molecule has 0 radical (unpaired) electrons. The van der Waals surface area contributed by atoms with E-state index in [1.54, 1.807) is 36.4 Å². The lowest BCUT2D eigenvalue weighted by atomic mass is 9.46. The van der Waals surface area contributed by atoms with Crippen LogP contribution in [0.15, 0.2) is 48.1 Å². The molecule has 8 unspecified atom stereocenters. The zero-order valence-electron chi connectivity index (χ0n) is 22.9. The Hall–Kier alpha value is -2.48. The standard InChI is InChI=1S/C28H33NO6.C3H8/c1-26-10-9-18(30)11-16(26)3-8-20-21-12-24-28(35-15-34-24,27(21,2)13-22(31)25(20)26)23(32)14-33-19-6-4-17(29)5-7-19;1-3-2/h4-7,9-11,20-22,24-25,31H,3,8,12-15,29H2,1-2H3;3H2,1-2H3. The van der Waals surface area contributed by atoms with Crippen molar-refractivity contribution in [3.63, 3.8) is 0 Å². The number of allylic oxidation sites excluding steroid dienone is 4. The molecule has 5 aliphatic rings. The first-order valence-corrected chi connectivity index (χ1v) is 14.0. The van der Waals surface area contributed by atoms with E-state index in [1.165, 1.54) is 6.42 Å². The Kier molecular flexibility index (Phi) is 7.08. The van der Waals surface area contributed by atoms with Crippen LogP contribution in [0, 0.1) is 28.6 Å². The summed E-state index contributed by atoms with van der Waals surface area (Å²) in [6.45, 7) is 8.43. The SMILES string of the molecule is CC12C=CC(=O)C=C1CCC1C2C(O)CC2(C)C1CC1OCOC12C(=O)COc1ccc(N)cc1.CCC. The first-order valence-electron chi connectivity index (χ1n) is 14.0. The number of carbonyl (C=O) groups excluding carboxylic acids is 2. The molecule has 7 heteroatoms. The van der Waals surface area contributed by atoms with E-state index in [1.807, 2.05) is 6.08 Å². The highest BCUT2D eigenvalue weighted by Crippen LogP contribution is 2.69. The highest BCUT2D eigenvalue weighted by molar-refractivity contribution is 6.01. The van der Waals surface area contributed by atoms with Crippen LogP contribution in [0.4, 0.5) is 5.69 Å². The summed E-state index contributed by atoms with van der Waals surface area (Å²) in [6, 6.07) is 6.96. The number of hydrogen-bond acceptors (Lipinski definition) is 7. The van der Waals surface area contributed by atoms with Gasteiger partial charge in [-0.2, -0.15) is 0 Å². The summed E-state index contributed by atoms with van der Waals surface area (Å²) in [5.41, 5.74) is 5.42. The summed E-state index contributed by atoms with van der Waals surface area (Å²) in [5.74, 6) is 0.797. The molecule has 8 atom stereocenters. The molecule has 0 aromatic heterocycles. The second-order valence-electron chi connectivity index (χ2n) is 12.1. The number of nitrogen functional groups attached to an aromatic ring is 1. The minimum atomic E-state index is -1.15. The molecule has 4 fully saturated rings. The van der Waals surface area contributed by atoms with E-state index in [4.69, 9.17) is 19.9 Å². The largest absolute Gasteiger partial charge is 0.486 e. The van der Waals surface area contributed by atoms with Gasteiger partial charge in [0.15, 0.2) is 11.4 Å². The fourth-order valence-electron chi connectivity index (χ4n) is 8.35. The van der Waals surface area contributed by atoms with Crippen molar-refractivity contribution in [2.45, 2.75) is 77.6 Å². The maximum Gasteiger partial charge on any atom is 0.205 e. The Balaban J connectivity index is 0.000000937. The van der Waals surface area contributed by atoms with Gasteiger partial charge in [0.05, 0.1) is 12.2 Å². The minimum absolute atomic E-state index is 0.0121. The van der Waals surface area contributed by atoms with Gasteiger partial charge in [0, 0.05) is 22.4 Å². The van der Waals surface area contributed by atoms with Gasteiger partial charge < -0.3 is 25.1 Å². The van der Waals surface area contributed by atoms with Crippen LogP contribution in [-0.4, -0.2) is 47.9 Å². The fourth-order valence-corrected chi connectivity index (χ4v) is 8.35. The van der Waals surface area contributed by atoms with E-state index in [0.717, 1.165) is 24.8 Å². The molecule has 206 valence electrons. The summed E-state index contributed by atoms with van der Waals surface area (Å²) in [5, 5.41) is 11.6. The molecule has 38 heavy (non-hydrogen) atoms. The number of rotatable bonds is 4. The van der Waals surface area contributed by atoms with E-state index < -0.39 is 17.1 Å². The minimum Gasteiger partial charge on any atom is -0.486 e. The predicted octanol–water partition coefficient (Wildman–Crippen LogP) is 4.63. The van der Waals surface area contributed by atoms with E-state index in [-0.39, 0.29) is 54.2 Å². The number of ketones is 2. The molecule has 1 aliphatic heterocycles. The second kappa shape index (κ2) is 9.92. The van der Waals surface area contributed by atoms with E-state index >= 15 is 0 Å². The van der Waals surface area contributed by atoms with Crippen LogP contribution in [0.5, 0.6) is 5.75 Å². The summed E-state index contributed by atoms with van der Waals surface area (Å²) in [6.07, 6.45) is 8.51. The number of hydrogen-bond donors (Lipinski definition) is 2. The summed E-state index contributed by atoms with van der Waals surface area (Å²) in [7, 11) is 0. The average Bonchev–Trinajstić information content (AvgIpc) is 3.41. The van der Waals surface area contributed by atoms with E-state index in [9.17, 15) is 14.7 Å². The van der Waals surface area contributed by atoms with Crippen LogP contribution < -0.4 is 10.5 Å². The lowest BCUT2D eigenvalue weighted by molar-refractivity contribution is -0.185. The molecule has 4 aliphatic carbocycles. The van der Waals surface area contributed by atoms with Gasteiger partial charge in [-0.25, -0.2) is 0 Å².